The van der Waals surface area contributed by atoms with E-state index in [-0.39, 0.29) is 0 Å². The molecule has 1 saturated carbocycles. The summed E-state index contributed by atoms with van der Waals surface area (Å²) in [6.07, 6.45) is 3.73. The molecule has 0 heterocycles. The van der Waals surface area contributed by atoms with Gasteiger partial charge in [-0.25, -0.2) is 0 Å². The number of rotatable bonds is 5. The van der Waals surface area contributed by atoms with Crippen LogP contribution >= 0.6 is 0 Å². The normalized spacial score (nSPS) is 23.7. The van der Waals surface area contributed by atoms with E-state index in [4.69, 9.17) is 0 Å². The molecule has 17 heavy (non-hydrogen) atoms. The van der Waals surface area contributed by atoms with E-state index >= 15 is 0 Å². The Morgan fingerprint density at radius 3 is 2.47 bits per heavy atom. The highest BCUT2D eigenvalue weighted by Gasteiger charge is 2.30. The molecule has 1 aromatic carbocycles. The molecule has 0 radical (unpaired) electrons. The van der Waals surface area contributed by atoms with Crippen molar-refractivity contribution in [2.75, 3.05) is 6.54 Å². The minimum absolute atomic E-state index is 0.348. The molecule has 2 heteroatoms. The van der Waals surface area contributed by atoms with Gasteiger partial charge >= 0.3 is 0 Å². The van der Waals surface area contributed by atoms with E-state index in [0.29, 0.717) is 5.75 Å². The van der Waals surface area contributed by atoms with Crippen molar-refractivity contribution in [1.82, 2.24) is 5.32 Å². The maximum Gasteiger partial charge on any atom is 0.115 e. The second-order valence-corrected chi connectivity index (χ2v) is 5.54. The lowest BCUT2D eigenvalue weighted by atomic mass is 9.73. The van der Waals surface area contributed by atoms with Gasteiger partial charge in [0.1, 0.15) is 5.75 Å². The highest BCUT2D eigenvalue weighted by atomic mass is 16.3. The highest BCUT2D eigenvalue weighted by molar-refractivity contribution is 5.25. The summed E-state index contributed by atoms with van der Waals surface area (Å²) in [5.74, 6) is 2.12. The summed E-state index contributed by atoms with van der Waals surface area (Å²) >= 11 is 0. The first-order chi connectivity index (χ1) is 8.15. The zero-order chi connectivity index (χ0) is 12.3. The molecule has 0 bridgehead atoms. The van der Waals surface area contributed by atoms with Gasteiger partial charge in [0.15, 0.2) is 0 Å². The van der Waals surface area contributed by atoms with Gasteiger partial charge in [0.25, 0.3) is 0 Å². The van der Waals surface area contributed by atoms with Gasteiger partial charge < -0.3 is 10.4 Å². The maximum atomic E-state index is 9.18. The van der Waals surface area contributed by atoms with Gasteiger partial charge in [-0.05, 0) is 55.3 Å². The Kier molecular flexibility index (Phi) is 4.06. The predicted octanol–water partition coefficient (Wildman–Crippen LogP) is 2.96. The number of aromatic hydroxyl groups is 1. The van der Waals surface area contributed by atoms with Crippen molar-refractivity contribution in [2.24, 2.45) is 11.8 Å². The van der Waals surface area contributed by atoms with Crippen molar-refractivity contribution in [1.29, 1.82) is 0 Å². The zero-order valence-electron chi connectivity index (χ0n) is 10.8. The summed E-state index contributed by atoms with van der Waals surface area (Å²) in [5, 5.41) is 12.8. The first kappa shape index (κ1) is 12.4. The minimum atomic E-state index is 0.348. The topological polar surface area (TPSA) is 32.3 Å². The van der Waals surface area contributed by atoms with Crippen molar-refractivity contribution in [2.45, 2.75) is 39.2 Å². The van der Waals surface area contributed by atoms with Crippen LogP contribution < -0.4 is 5.32 Å². The molecule has 0 unspecified atom stereocenters. The third-order valence-corrected chi connectivity index (χ3v) is 3.90. The summed E-state index contributed by atoms with van der Waals surface area (Å²) < 4.78 is 0. The van der Waals surface area contributed by atoms with E-state index in [2.05, 4.69) is 19.2 Å². The summed E-state index contributed by atoms with van der Waals surface area (Å²) in [7, 11) is 0. The van der Waals surface area contributed by atoms with Gasteiger partial charge in [-0.2, -0.15) is 0 Å². The highest BCUT2D eigenvalue weighted by Crippen LogP contribution is 2.33. The second kappa shape index (κ2) is 5.54. The Balaban J connectivity index is 1.63. The first-order valence-corrected chi connectivity index (χ1v) is 6.66. The number of phenolic OH excluding ortho intramolecular Hbond substituents is 1. The molecule has 0 aliphatic heterocycles. The third-order valence-electron chi connectivity index (χ3n) is 3.90. The van der Waals surface area contributed by atoms with E-state index in [1.54, 1.807) is 12.1 Å². The SMILES string of the molecule is CC(C)C1CC(NCCc2ccc(O)cc2)C1. The fourth-order valence-corrected chi connectivity index (χ4v) is 2.46. The van der Waals surface area contributed by atoms with Crippen LogP contribution in [0.3, 0.4) is 0 Å². The van der Waals surface area contributed by atoms with Crippen molar-refractivity contribution < 1.29 is 5.11 Å². The van der Waals surface area contributed by atoms with Crippen LogP contribution in [0.2, 0.25) is 0 Å². The molecule has 0 atom stereocenters. The quantitative estimate of drug-likeness (QED) is 0.819. The van der Waals surface area contributed by atoms with Crippen LogP contribution in [0.15, 0.2) is 24.3 Å². The monoisotopic (exact) mass is 233 g/mol. The van der Waals surface area contributed by atoms with Crippen LogP contribution in [0.1, 0.15) is 32.3 Å². The van der Waals surface area contributed by atoms with Gasteiger partial charge in [0, 0.05) is 6.04 Å². The van der Waals surface area contributed by atoms with E-state index < -0.39 is 0 Å². The molecule has 2 nitrogen and oxygen atoms in total. The number of nitrogens with one attached hydrogen (secondary N) is 1. The molecule has 1 aliphatic rings. The van der Waals surface area contributed by atoms with Gasteiger partial charge in [0.2, 0.25) is 0 Å². The van der Waals surface area contributed by atoms with E-state index in [9.17, 15) is 5.11 Å². The van der Waals surface area contributed by atoms with E-state index in [0.717, 1.165) is 30.8 Å². The molecule has 94 valence electrons. The number of phenols is 1. The Labute approximate surface area is 104 Å². The summed E-state index contributed by atoms with van der Waals surface area (Å²) in [5.41, 5.74) is 1.29. The van der Waals surface area contributed by atoms with Crippen molar-refractivity contribution >= 4 is 0 Å². The molecule has 0 amide bonds. The van der Waals surface area contributed by atoms with Crippen LogP contribution in [0.5, 0.6) is 5.75 Å². The molecule has 0 saturated heterocycles. The molecule has 0 aromatic heterocycles. The summed E-state index contributed by atoms with van der Waals surface area (Å²) in [4.78, 5) is 0. The van der Waals surface area contributed by atoms with Crippen LogP contribution in [0.4, 0.5) is 0 Å². The Hall–Kier alpha value is -1.02. The molecule has 1 aliphatic carbocycles. The zero-order valence-corrected chi connectivity index (χ0v) is 10.8. The molecule has 2 N–H and O–H groups in total. The van der Waals surface area contributed by atoms with Crippen LogP contribution in [-0.2, 0) is 6.42 Å². The number of benzene rings is 1. The first-order valence-electron chi connectivity index (χ1n) is 6.66. The lowest BCUT2D eigenvalue weighted by molar-refractivity contribution is 0.169. The van der Waals surface area contributed by atoms with Gasteiger partial charge in [-0.1, -0.05) is 26.0 Å². The van der Waals surface area contributed by atoms with Crippen molar-refractivity contribution in [3.63, 3.8) is 0 Å². The number of hydrogen-bond acceptors (Lipinski definition) is 2. The lowest BCUT2D eigenvalue weighted by Gasteiger charge is -2.38. The molecule has 1 fully saturated rings. The standard InChI is InChI=1S/C15H23NO/c1-11(2)13-9-14(10-13)16-8-7-12-3-5-15(17)6-4-12/h3-6,11,13-14,16-17H,7-10H2,1-2H3. The van der Waals surface area contributed by atoms with Gasteiger partial charge in [-0.3, -0.25) is 0 Å². The minimum Gasteiger partial charge on any atom is -0.508 e. The average Bonchev–Trinajstić information content (AvgIpc) is 2.23. The van der Waals surface area contributed by atoms with E-state index in [1.807, 2.05) is 12.1 Å². The average molecular weight is 233 g/mol. The summed E-state index contributed by atoms with van der Waals surface area (Å²) in [6.45, 7) is 5.68. The van der Waals surface area contributed by atoms with Crippen molar-refractivity contribution in [3.05, 3.63) is 29.8 Å². The Morgan fingerprint density at radius 1 is 1.24 bits per heavy atom. The van der Waals surface area contributed by atoms with Crippen molar-refractivity contribution in [3.8, 4) is 5.75 Å². The molecular formula is C15H23NO. The Bertz CT molecular complexity index is 338. The lowest BCUT2D eigenvalue weighted by Crippen LogP contribution is -2.43. The fourth-order valence-electron chi connectivity index (χ4n) is 2.46. The fraction of sp³-hybridized carbons (Fsp3) is 0.600. The molecule has 1 aromatic rings. The third kappa shape index (κ3) is 3.47. The number of hydrogen-bond donors (Lipinski definition) is 2. The summed E-state index contributed by atoms with van der Waals surface area (Å²) in [6, 6.07) is 8.24. The van der Waals surface area contributed by atoms with Crippen LogP contribution in [0.25, 0.3) is 0 Å². The molecular weight excluding hydrogens is 210 g/mol. The molecule has 2 rings (SSSR count). The molecule has 0 spiro atoms. The van der Waals surface area contributed by atoms with Gasteiger partial charge in [0.05, 0.1) is 0 Å². The van der Waals surface area contributed by atoms with Crippen LogP contribution in [0, 0.1) is 11.8 Å². The second-order valence-electron chi connectivity index (χ2n) is 5.54. The Morgan fingerprint density at radius 2 is 1.88 bits per heavy atom. The van der Waals surface area contributed by atoms with E-state index in [1.165, 1.54) is 18.4 Å². The smallest absolute Gasteiger partial charge is 0.115 e. The maximum absolute atomic E-state index is 9.18. The van der Waals surface area contributed by atoms with Gasteiger partial charge in [-0.15, -0.1) is 0 Å². The predicted molar refractivity (Wildman–Crippen MR) is 71.2 cm³/mol. The van der Waals surface area contributed by atoms with Crippen LogP contribution in [-0.4, -0.2) is 17.7 Å². The largest absolute Gasteiger partial charge is 0.508 e.